The number of piperidine rings is 1. The summed E-state index contributed by atoms with van der Waals surface area (Å²) >= 11 is 0. The van der Waals surface area contributed by atoms with Crippen LogP contribution in [-0.4, -0.2) is 46.4 Å². The summed E-state index contributed by atoms with van der Waals surface area (Å²) in [5, 5.41) is 16.9. The molecular formula is C17H23ClN6O2. The van der Waals surface area contributed by atoms with Crippen LogP contribution >= 0.6 is 12.4 Å². The molecule has 0 aliphatic carbocycles. The summed E-state index contributed by atoms with van der Waals surface area (Å²) in [6, 6.07) is 7.15. The summed E-state index contributed by atoms with van der Waals surface area (Å²) < 4.78 is 1.76. The lowest BCUT2D eigenvalue weighted by Gasteiger charge is -2.22. The summed E-state index contributed by atoms with van der Waals surface area (Å²) in [6.45, 7) is 4.24. The number of halogens is 1. The van der Waals surface area contributed by atoms with Gasteiger partial charge in [-0.1, -0.05) is 17.3 Å². The zero-order valence-corrected chi connectivity index (χ0v) is 15.4. The largest absolute Gasteiger partial charge is 0.352 e. The smallest absolute Gasteiger partial charge is 0.277 e. The number of anilines is 1. The first-order valence-corrected chi connectivity index (χ1v) is 8.50. The van der Waals surface area contributed by atoms with Gasteiger partial charge in [-0.25, -0.2) is 4.68 Å². The van der Waals surface area contributed by atoms with Crippen molar-refractivity contribution in [1.82, 2.24) is 25.6 Å². The van der Waals surface area contributed by atoms with Crippen LogP contribution in [0.5, 0.6) is 0 Å². The van der Waals surface area contributed by atoms with Crippen molar-refractivity contribution >= 4 is 29.9 Å². The molecule has 0 atom stereocenters. The minimum Gasteiger partial charge on any atom is -0.352 e. The zero-order chi connectivity index (χ0) is 17.6. The molecule has 140 valence electrons. The van der Waals surface area contributed by atoms with E-state index in [4.69, 9.17) is 0 Å². The molecule has 1 saturated heterocycles. The van der Waals surface area contributed by atoms with Gasteiger partial charge in [-0.15, -0.1) is 17.5 Å². The summed E-state index contributed by atoms with van der Waals surface area (Å²) in [5.74, 6) is -0.603. The Labute approximate surface area is 158 Å². The van der Waals surface area contributed by atoms with Gasteiger partial charge in [0.05, 0.1) is 23.5 Å². The van der Waals surface area contributed by atoms with Crippen LogP contribution in [-0.2, 0) is 0 Å². The van der Waals surface area contributed by atoms with Crippen molar-refractivity contribution in [3.05, 3.63) is 41.7 Å². The molecule has 0 spiro atoms. The van der Waals surface area contributed by atoms with Crippen LogP contribution in [0.15, 0.2) is 30.5 Å². The minimum absolute atomic E-state index is 0. The van der Waals surface area contributed by atoms with Gasteiger partial charge in [0, 0.05) is 6.54 Å². The second-order valence-corrected chi connectivity index (χ2v) is 5.92. The van der Waals surface area contributed by atoms with E-state index in [1.54, 1.807) is 35.1 Å². The average molecular weight is 379 g/mol. The molecule has 26 heavy (non-hydrogen) atoms. The van der Waals surface area contributed by atoms with E-state index in [0.717, 1.165) is 25.9 Å². The zero-order valence-electron chi connectivity index (χ0n) is 14.6. The number of carbonyl (C=O) groups is 2. The molecule has 0 bridgehead atoms. The molecule has 0 unspecified atom stereocenters. The Morgan fingerprint density at radius 3 is 2.69 bits per heavy atom. The number of hydrogen-bond acceptors (Lipinski definition) is 5. The normalized spacial score (nSPS) is 14.3. The van der Waals surface area contributed by atoms with Gasteiger partial charge >= 0.3 is 0 Å². The first-order valence-electron chi connectivity index (χ1n) is 8.50. The maximum Gasteiger partial charge on any atom is 0.277 e. The van der Waals surface area contributed by atoms with Gasteiger partial charge in [-0.05, 0) is 45.0 Å². The molecule has 0 radical (unpaired) electrons. The Bertz CT molecular complexity index is 757. The molecule has 1 fully saturated rings. The molecule has 2 aromatic rings. The molecule has 8 nitrogen and oxygen atoms in total. The van der Waals surface area contributed by atoms with Crippen LogP contribution in [0.2, 0.25) is 0 Å². The van der Waals surface area contributed by atoms with Crippen molar-refractivity contribution < 1.29 is 9.59 Å². The highest BCUT2D eigenvalue weighted by Gasteiger charge is 2.20. The number of nitrogens with zero attached hydrogens (tertiary/aromatic N) is 3. The third kappa shape index (κ3) is 4.59. The van der Waals surface area contributed by atoms with E-state index in [2.05, 4.69) is 26.3 Å². The Balaban J connectivity index is 0.00000243. The number of nitrogens with one attached hydrogen (secondary N) is 3. The van der Waals surface area contributed by atoms with Crippen molar-refractivity contribution in [1.29, 1.82) is 0 Å². The number of amides is 2. The molecule has 1 aromatic carbocycles. The Morgan fingerprint density at radius 2 is 1.96 bits per heavy atom. The molecular weight excluding hydrogens is 356 g/mol. The van der Waals surface area contributed by atoms with Gasteiger partial charge in [-0.3, -0.25) is 9.59 Å². The highest BCUT2D eigenvalue weighted by molar-refractivity contribution is 6.08. The van der Waals surface area contributed by atoms with Gasteiger partial charge in [0.15, 0.2) is 5.69 Å². The number of para-hydroxylation sites is 1. The fourth-order valence-corrected chi connectivity index (χ4v) is 2.86. The fraction of sp³-hybridized carbons (Fsp3) is 0.412. The first-order chi connectivity index (χ1) is 12.2. The molecule has 3 N–H and O–H groups in total. The summed E-state index contributed by atoms with van der Waals surface area (Å²) in [5.41, 5.74) is 1.11. The lowest BCUT2D eigenvalue weighted by atomic mass is 10.1. The van der Waals surface area contributed by atoms with Crippen molar-refractivity contribution in [3.8, 4) is 0 Å². The van der Waals surface area contributed by atoms with Gasteiger partial charge in [-0.2, -0.15) is 0 Å². The lowest BCUT2D eigenvalue weighted by molar-refractivity contribution is 0.0956. The molecule has 1 aromatic heterocycles. The van der Waals surface area contributed by atoms with Crippen LogP contribution in [0.25, 0.3) is 0 Å². The Hall–Kier alpha value is -2.45. The number of carbonyl (C=O) groups excluding carboxylic acids is 2. The maximum absolute atomic E-state index is 12.5. The van der Waals surface area contributed by atoms with Crippen LogP contribution in [0.1, 0.15) is 46.7 Å². The molecule has 2 heterocycles. The maximum atomic E-state index is 12.5. The predicted molar refractivity (Wildman–Crippen MR) is 101 cm³/mol. The highest BCUT2D eigenvalue weighted by atomic mass is 35.5. The highest BCUT2D eigenvalue weighted by Crippen LogP contribution is 2.18. The molecule has 1 aliphatic heterocycles. The SMILES string of the molecule is CCNC(=O)c1ccccc1NC(=O)c1cn(C2CCNCC2)nn1.Cl. The van der Waals surface area contributed by atoms with Crippen LogP contribution in [0, 0.1) is 0 Å². The van der Waals surface area contributed by atoms with Gasteiger partial charge in [0.1, 0.15) is 0 Å². The van der Waals surface area contributed by atoms with Crippen LogP contribution in [0.3, 0.4) is 0 Å². The van der Waals surface area contributed by atoms with E-state index < -0.39 is 0 Å². The first kappa shape index (κ1) is 19.9. The minimum atomic E-state index is -0.378. The van der Waals surface area contributed by atoms with Crippen LogP contribution < -0.4 is 16.0 Å². The van der Waals surface area contributed by atoms with Gasteiger partial charge in [0.2, 0.25) is 0 Å². The number of hydrogen-bond donors (Lipinski definition) is 3. The average Bonchev–Trinajstić information content (AvgIpc) is 3.13. The lowest BCUT2D eigenvalue weighted by Crippen LogP contribution is -2.29. The fourth-order valence-electron chi connectivity index (χ4n) is 2.86. The predicted octanol–water partition coefficient (Wildman–Crippen LogP) is 1.63. The Kier molecular flexibility index (Phi) is 7.11. The molecule has 9 heteroatoms. The monoisotopic (exact) mass is 378 g/mol. The molecule has 2 amide bonds. The second-order valence-electron chi connectivity index (χ2n) is 5.92. The van der Waals surface area contributed by atoms with Crippen molar-refractivity contribution in [2.24, 2.45) is 0 Å². The number of rotatable bonds is 5. The van der Waals surface area contributed by atoms with E-state index in [0.29, 0.717) is 17.8 Å². The van der Waals surface area contributed by atoms with Crippen molar-refractivity contribution in [2.75, 3.05) is 25.0 Å². The second kappa shape index (κ2) is 9.30. The summed E-state index contributed by atoms with van der Waals surface area (Å²) in [7, 11) is 0. The quantitative estimate of drug-likeness (QED) is 0.734. The van der Waals surface area contributed by atoms with Crippen LogP contribution in [0.4, 0.5) is 5.69 Å². The van der Waals surface area contributed by atoms with Crippen molar-refractivity contribution in [2.45, 2.75) is 25.8 Å². The van der Waals surface area contributed by atoms with E-state index >= 15 is 0 Å². The number of aromatic nitrogens is 3. The summed E-state index contributed by atoms with van der Waals surface area (Å²) in [6.07, 6.45) is 3.59. The Morgan fingerprint density at radius 1 is 1.23 bits per heavy atom. The van der Waals surface area contributed by atoms with E-state index in [9.17, 15) is 9.59 Å². The van der Waals surface area contributed by atoms with E-state index in [1.165, 1.54) is 0 Å². The summed E-state index contributed by atoms with van der Waals surface area (Å²) in [4.78, 5) is 24.6. The molecule has 0 saturated carbocycles. The van der Waals surface area contributed by atoms with Gasteiger partial charge < -0.3 is 16.0 Å². The topological polar surface area (TPSA) is 101 Å². The van der Waals surface area contributed by atoms with E-state index in [-0.39, 0.29) is 36.0 Å². The molecule has 3 rings (SSSR count). The van der Waals surface area contributed by atoms with Gasteiger partial charge in [0.25, 0.3) is 11.8 Å². The molecule has 1 aliphatic rings. The van der Waals surface area contributed by atoms with E-state index in [1.807, 2.05) is 6.92 Å². The third-order valence-electron chi connectivity index (χ3n) is 4.18. The third-order valence-corrected chi connectivity index (χ3v) is 4.18. The van der Waals surface area contributed by atoms with Crippen molar-refractivity contribution in [3.63, 3.8) is 0 Å². The number of benzene rings is 1. The standard InChI is InChI=1S/C17H22N6O2.ClH/c1-2-19-16(24)13-5-3-4-6-14(13)20-17(25)15-11-23(22-21-15)12-7-9-18-10-8-12;/h3-6,11-12,18H,2,7-10H2,1H3,(H,19,24)(H,20,25);1H.